The number of benzene rings is 1. The molecule has 0 saturated carbocycles. The molecule has 1 rings (SSSR count). The van der Waals surface area contributed by atoms with Crippen LogP contribution in [0.5, 0.6) is 5.75 Å². The van der Waals surface area contributed by atoms with Crippen LogP contribution in [0.1, 0.15) is 31.9 Å². The molecule has 1 aromatic rings. The highest BCUT2D eigenvalue weighted by atomic mass is 19.1. The van der Waals surface area contributed by atoms with Gasteiger partial charge >= 0.3 is 0 Å². The lowest BCUT2D eigenvalue weighted by molar-refractivity contribution is 0.353. The van der Waals surface area contributed by atoms with Crippen molar-refractivity contribution in [1.29, 1.82) is 0 Å². The number of nitrogens with zero attached hydrogens (tertiary/aromatic N) is 1. The van der Waals surface area contributed by atoms with Crippen LogP contribution < -0.4 is 10.1 Å². The fraction of sp³-hybridized carbons (Fsp3) is 0.600. The van der Waals surface area contributed by atoms with Gasteiger partial charge in [0.2, 0.25) is 0 Å². The van der Waals surface area contributed by atoms with E-state index < -0.39 is 0 Å². The molecule has 1 aromatic carbocycles. The SMILES string of the molecule is COc1cc(C(C)NC(C)CCN(C)C)ccc1F. The summed E-state index contributed by atoms with van der Waals surface area (Å²) in [5.41, 5.74) is 1.04. The van der Waals surface area contributed by atoms with Gasteiger partial charge in [0.1, 0.15) is 0 Å². The summed E-state index contributed by atoms with van der Waals surface area (Å²) in [6.45, 7) is 5.30. The summed E-state index contributed by atoms with van der Waals surface area (Å²) in [5.74, 6) is -0.0220. The molecule has 4 heteroatoms. The van der Waals surface area contributed by atoms with Gasteiger partial charge in [-0.3, -0.25) is 0 Å². The average molecular weight is 268 g/mol. The van der Waals surface area contributed by atoms with Crippen LogP contribution in [0.15, 0.2) is 18.2 Å². The zero-order chi connectivity index (χ0) is 14.4. The van der Waals surface area contributed by atoms with Crippen LogP contribution in [0.2, 0.25) is 0 Å². The molecule has 108 valence electrons. The van der Waals surface area contributed by atoms with Crippen molar-refractivity contribution in [3.63, 3.8) is 0 Å². The topological polar surface area (TPSA) is 24.5 Å². The third kappa shape index (κ3) is 5.17. The van der Waals surface area contributed by atoms with Crippen molar-refractivity contribution in [1.82, 2.24) is 10.2 Å². The Bertz CT molecular complexity index is 396. The Labute approximate surface area is 115 Å². The van der Waals surface area contributed by atoms with E-state index in [1.165, 1.54) is 13.2 Å². The number of nitrogens with one attached hydrogen (secondary N) is 1. The van der Waals surface area contributed by atoms with Crippen molar-refractivity contribution in [3.05, 3.63) is 29.6 Å². The molecule has 1 N–H and O–H groups in total. The minimum atomic E-state index is -0.320. The summed E-state index contributed by atoms with van der Waals surface area (Å²) in [6, 6.07) is 5.59. The van der Waals surface area contributed by atoms with E-state index >= 15 is 0 Å². The van der Waals surface area contributed by atoms with Crippen molar-refractivity contribution in [3.8, 4) is 5.75 Å². The summed E-state index contributed by atoms with van der Waals surface area (Å²) in [6.07, 6.45) is 1.08. The highest BCUT2D eigenvalue weighted by Gasteiger charge is 2.12. The van der Waals surface area contributed by atoms with E-state index in [2.05, 4.69) is 38.2 Å². The molecule has 3 nitrogen and oxygen atoms in total. The summed E-state index contributed by atoms with van der Waals surface area (Å²) >= 11 is 0. The van der Waals surface area contributed by atoms with E-state index in [9.17, 15) is 4.39 Å². The van der Waals surface area contributed by atoms with Crippen molar-refractivity contribution < 1.29 is 9.13 Å². The maximum Gasteiger partial charge on any atom is 0.165 e. The van der Waals surface area contributed by atoms with Gasteiger partial charge in [0.15, 0.2) is 11.6 Å². The van der Waals surface area contributed by atoms with E-state index in [1.54, 1.807) is 12.1 Å². The summed E-state index contributed by atoms with van der Waals surface area (Å²) in [5, 5.41) is 3.52. The first kappa shape index (κ1) is 15.9. The molecular weight excluding hydrogens is 243 g/mol. The number of halogens is 1. The molecule has 2 unspecified atom stereocenters. The van der Waals surface area contributed by atoms with E-state index in [4.69, 9.17) is 4.74 Å². The number of rotatable bonds is 7. The largest absolute Gasteiger partial charge is 0.494 e. The molecule has 2 atom stereocenters. The average Bonchev–Trinajstić information content (AvgIpc) is 2.36. The normalized spacial score (nSPS) is 14.5. The summed E-state index contributed by atoms with van der Waals surface area (Å²) in [7, 11) is 5.63. The number of ether oxygens (including phenoxy) is 1. The molecule has 0 saturated heterocycles. The first-order chi connectivity index (χ1) is 8.93. The standard InChI is InChI=1S/C15H25FN2O/c1-11(8-9-18(3)4)17-12(2)13-6-7-14(16)15(10-13)19-5/h6-7,10-12,17H,8-9H2,1-5H3. The van der Waals surface area contributed by atoms with Crippen LogP contribution >= 0.6 is 0 Å². The molecule has 0 amide bonds. The second-order valence-corrected chi connectivity index (χ2v) is 5.28. The van der Waals surface area contributed by atoms with Gasteiger partial charge in [-0.1, -0.05) is 6.07 Å². The second kappa shape index (κ2) is 7.46. The lowest BCUT2D eigenvalue weighted by atomic mass is 10.1. The van der Waals surface area contributed by atoms with Crippen LogP contribution in [0, 0.1) is 5.82 Å². The maximum absolute atomic E-state index is 13.4. The van der Waals surface area contributed by atoms with Gasteiger partial charge in [-0.2, -0.15) is 0 Å². The monoisotopic (exact) mass is 268 g/mol. The van der Waals surface area contributed by atoms with Crippen molar-refractivity contribution in [2.45, 2.75) is 32.4 Å². The van der Waals surface area contributed by atoms with Gasteiger partial charge in [0.25, 0.3) is 0 Å². The van der Waals surface area contributed by atoms with Gasteiger partial charge in [0.05, 0.1) is 7.11 Å². The lowest BCUT2D eigenvalue weighted by Crippen LogP contribution is -2.31. The molecule has 0 aliphatic rings. The summed E-state index contributed by atoms with van der Waals surface area (Å²) in [4.78, 5) is 2.17. The first-order valence-electron chi connectivity index (χ1n) is 6.68. The van der Waals surface area contributed by atoms with Crippen molar-refractivity contribution >= 4 is 0 Å². The lowest BCUT2D eigenvalue weighted by Gasteiger charge is -2.22. The molecule has 19 heavy (non-hydrogen) atoms. The zero-order valence-corrected chi connectivity index (χ0v) is 12.5. The Kier molecular flexibility index (Phi) is 6.25. The minimum Gasteiger partial charge on any atom is -0.494 e. The van der Waals surface area contributed by atoms with Gasteiger partial charge < -0.3 is 15.0 Å². The molecule has 0 aliphatic carbocycles. The number of hydrogen-bond acceptors (Lipinski definition) is 3. The first-order valence-corrected chi connectivity index (χ1v) is 6.68. The van der Waals surface area contributed by atoms with Gasteiger partial charge in [-0.05, 0) is 58.6 Å². The molecule has 0 spiro atoms. The van der Waals surface area contributed by atoms with Crippen molar-refractivity contribution in [2.75, 3.05) is 27.7 Å². The Morgan fingerprint density at radius 1 is 1.32 bits per heavy atom. The van der Waals surface area contributed by atoms with E-state index in [0.717, 1.165) is 18.5 Å². The molecule has 0 aliphatic heterocycles. The Morgan fingerprint density at radius 3 is 2.58 bits per heavy atom. The van der Waals surface area contributed by atoms with Crippen molar-refractivity contribution in [2.24, 2.45) is 0 Å². The highest BCUT2D eigenvalue weighted by molar-refractivity contribution is 5.31. The Morgan fingerprint density at radius 2 is 2.00 bits per heavy atom. The summed E-state index contributed by atoms with van der Waals surface area (Å²) < 4.78 is 18.4. The van der Waals surface area contributed by atoms with E-state index in [-0.39, 0.29) is 11.9 Å². The molecule has 0 radical (unpaired) electrons. The number of methoxy groups -OCH3 is 1. The smallest absolute Gasteiger partial charge is 0.165 e. The fourth-order valence-corrected chi connectivity index (χ4v) is 2.00. The minimum absolute atomic E-state index is 0.173. The van der Waals surface area contributed by atoms with Gasteiger partial charge in [0, 0.05) is 12.1 Å². The van der Waals surface area contributed by atoms with E-state index in [1.807, 2.05) is 0 Å². The van der Waals surface area contributed by atoms with Crippen LogP contribution in [0.25, 0.3) is 0 Å². The quantitative estimate of drug-likeness (QED) is 0.823. The van der Waals surface area contributed by atoms with Crippen LogP contribution in [0.4, 0.5) is 4.39 Å². The number of hydrogen-bond donors (Lipinski definition) is 1. The molecule has 0 aromatic heterocycles. The molecule has 0 fully saturated rings. The fourth-order valence-electron chi connectivity index (χ4n) is 2.00. The maximum atomic E-state index is 13.4. The van der Waals surface area contributed by atoms with Gasteiger partial charge in [-0.25, -0.2) is 4.39 Å². The predicted molar refractivity (Wildman–Crippen MR) is 77.1 cm³/mol. The second-order valence-electron chi connectivity index (χ2n) is 5.28. The van der Waals surface area contributed by atoms with Gasteiger partial charge in [-0.15, -0.1) is 0 Å². The molecule has 0 bridgehead atoms. The Hall–Kier alpha value is -1.13. The highest BCUT2D eigenvalue weighted by Crippen LogP contribution is 2.22. The van der Waals surface area contributed by atoms with Crippen LogP contribution in [0.3, 0.4) is 0 Å². The molecular formula is C15H25FN2O. The third-order valence-corrected chi connectivity index (χ3v) is 3.22. The third-order valence-electron chi connectivity index (χ3n) is 3.22. The zero-order valence-electron chi connectivity index (χ0n) is 12.5. The van der Waals surface area contributed by atoms with Crippen LogP contribution in [-0.2, 0) is 0 Å². The predicted octanol–water partition coefficient (Wildman–Crippen LogP) is 2.83. The molecule has 0 heterocycles. The van der Waals surface area contributed by atoms with Crippen LogP contribution in [-0.4, -0.2) is 38.7 Å². The van der Waals surface area contributed by atoms with E-state index in [0.29, 0.717) is 11.8 Å². The Balaban J connectivity index is 2.59.